The zero-order chi connectivity index (χ0) is 20.9. The number of esters is 1. The average Bonchev–Trinajstić information content (AvgIpc) is 3.22. The standard InChI is InChI=1S/C23H24FN3O2S/c1-29-22(28)17-13-11-16(12-14-17)15-30-23-26-25-21(19-9-5-6-10-20(19)24)27(23)18-7-3-2-4-8-18/h5-6,9-14,18H,2-4,7-8,15H2,1H3. The second-order valence-electron chi connectivity index (χ2n) is 7.43. The molecule has 0 radical (unpaired) electrons. The minimum absolute atomic E-state index is 0.281. The second kappa shape index (κ2) is 9.43. The maximum absolute atomic E-state index is 14.5. The number of benzene rings is 2. The molecule has 0 amide bonds. The van der Waals surface area contributed by atoms with Crippen LogP contribution in [0.5, 0.6) is 0 Å². The monoisotopic (exact) mass is 425 g/mol. The minimum atomic E-state index is -0.347. The summed E-state index contributed by atoms with van der Waals surface area (Å²) in [5.41, 5.74) is 2.08. The molecule has 0 bridgehead atoms. The molecular formula is C23H24FN3O2S. The number of halogens is 1. The van der Waals surface area contributed by atoms with Crippen LogP contribution in [0.15, 0.2) is 53.7 Å². The van der Waals surface area contributed by atoms with Crippen LogP contribution in [0.2, 0.25) is 0 Å². The summed E-state index contributed by atoms with van der Waals surface area (Å²) in [6, 6.07) is 14.4. The van der Waals surface area contributed by atoms with Crippen molar-refractivity contribution >= 4 is 17.7 Å². The van der Waals surface area contributed by atoms with Crippen LogP contribution in [-0.2, 0) is 10.5 Å². The first-order valence-electron chi connectivity index (χ1n) is 10.2. The van der Waals surface area contributed by atoms with Crippen LogP contribution in [-0.4, -0.2) is 27.8 Å². The quantitative estimate of drug-likeness (QED) is 0.376. The van der Waals surface area contributed by atoms with Crippen LogP contribution in [0.1, 0.15) is 54.1 Å². The molecule has 1 saturated carbocycles. The Labute approximate surface area is 179 Å². The van der Waals surface area contributed by atoms with Gasteiger partial charge in [0.1, 0.15) is 5.82 Å². The van der Waals surface area contributed by atoms with Crippen LogP contribution in [0, 0.1) is 5.82 Å². The fourth-order valence-corrected chi connectivity index (χ4v) is 4.83. The van der Waals surface area contributed by atoms with Gasteiger partial charge in [-0.2, -0.15) is 0 Å². The Morgan fingerprint density at radius 2 is 1.83 bits per heavy atom. The molecule has 2 aromatic carbocycles. The Hall–Kier alpha value is -2.67. The van der Waals surface area contributed by atoms with Crippen LogP contribution in [0.25, 0.3) is 11.4 Å². The molecule has 0 unspecified atom stereocenters. The highest BCUT2D eigenvalue weighted by atomic mass is 32.2. The Morgan fingerprint density at radius 3 is 2.53 bits per heavy atom. The highest BCUT2D eigenvalue weighted by Crippen LogP contribution is 2.36. The van der Waals surface area contributed by atoms with Gasteiger partial charge in [0.15, 0.2) is 11.0 Å². The number of rotatable bonds is 6. The molecule has 1 aliphatic rings. The smallest absolute Gasteiger partial charge is 0.337 e. The molecule has 0 saturated heterocycles. The van der Waals surface area contributed by atoms with Gasteiger partial charge in [-0.05, 0) is 42.7 Å². The van der Waals surface area contributed by atoms with Gasteiger partial charge in [0, 0.05) is 11.8 Å². The van der Waals surface area contributed by atoms with E-state index in [1.54, 1.807) is 36.0 Å². The molecule has 0 N–H and O–H groups in total. The predicted molar refractivity (Wildman–Crippen MR) is 115 cm³/mol. The van der Waals surface area contributed by atoms with Gasteiger partial charge in [-0.15, -0.1) is 10.2 Å². The SMILES string of the molecule is COC(=O)c1ccc(CSc2nnc(-c3ccccc3F)n2C2CCCCC2)cc1. The van der Waals surface area contributed by atoms with Crippen LogP contribution >= 0.6 is 11.8 Å². The lowest BCUT2D eigenvalue weighted by atomic mass is 9.95. The van der Waals surface area contributed by atoms with Gasteiger partial charge < -0.3 is 4.74 Å². The van der Waals surface area contributed by atoms with Crippen molar-refractivity contribution in [3.05, 3.63) is 65.5 Å². The third-order valence-corrected chi connectivity index (χ3v) is 6.48. The summed E-state index contributed by atoms with van der Waals surface area (Å²) in [4.78, 5) is 11.6. The lowest BCUT2D eigenvalue weighted by Gasteiger charge is -2.25. The van der Waals surface area contributed by atoms with E-state index in [9.17, 15) is 9.18 Å². The molecule has 1 aliphatic carbocycles. The fourth-order valence-electron chi connectivity index (χ4n) is 3.87. The minimum Gasteiger partial charge on any atom is -0.465 e. The van der Waals surface area contributed by atoms with E-state index >= 15 is 0 Å². The van der Waals surface area contributed by atoms with Gasteiger partial charge in [-0.3, -0.25) is 4.57 Å². The number of hydrogen-bond acceptors (Lipinski definition) is 5. The van der Waals surface area contributed by atoms with E-state index < -0.39 is 0 Å². The molecule has 1 heterocycles. The first kappa shape index (κ1) is 20.6. The van der Waals surface area contributed by atoms with Gasteiger partial charge in [0.05, 0.1) is 18.2 Å². The summed E-state index contributed by atoms with van der Waals surface area (Å²) in [5, 5.41) is 9.60. The molecule has 5 nitrogen and oxygen atoms in total. The highest BCUT2D eigenvalue weighted by Gasteiger charge is 2.25. The zero-order valence-corrected chi connectivity index (χ0v) is 17.7. The molecule has 7 heteroatoms. The molecule has 1 aromatic heterocycles. The summed E-state index contributed by atoms with van der Waals surface area (Å²) in [7, 11) is 1.37. The molecule has 4 rings (SSSR count). The van der Waals surface area contributed by atoms with Crippen molar-refractivity contribution < 1.29 is 13.9 Å². The summed E-state index contributed by atoms with van der Waals surface area (Å²) in [6.07, 6.45) is 5.68. The molecule has 0 aliphatic heterocycles. The number of methoxy groups -OCH3 is 1. The zero-order valence-electron chi connectivity index (χ0n) is 16.9. The Balaban J connectivity index is 1.60. The van der Waals surface area contributed by atoms with E-state index in [4.69, 9.17) is 4.74 Å². The predicted octanol–water partition coefficient (Wildman–Crippen LogP) is 5.67. The molecule has 0 atom stereocenters. The third kappa shape index (κ3) is 4.41. The normalized spacial score (nSPS) is 14.6. The van der Waals surface area contributed by atoms with E-state index in [1.807, 2.05) is 18.2 Å². The average molecular weight is 426 g/mol. The van der Waals surface area contributed by atoms with Crippen molar-refractivity contribution in [2.24, 2.45) is 0 Å². The number of aromatic nitrogens is 3. The molecule has 0 spiro atoms. The Kier molecular flexibility index (Phi) is 6.47. The maximum atomic E-state index is 14.5. The number of carbonyl (C=O) groups is 1. The Morgan fingerprint density at radius 1 is 1.10 bits per heavy atom. The molecule has 156 valence electrons. The van der Waals surface area contributed by atoms with Crippen molar-refractivity contribution in [2.45, 2.75) is 49.1 Å². The molecule has 30 heavy (non-hydrogen) atoms. The summed E-state index contributed by atoms with van der Waals surface area (Å²) in [5.74, 6) is 0.657. The van der Waals surface area contributed by atoms with E-state index in [0.717, 1.165) is 23.6 Å². The van der Waals surface area contributed by atoms with Crippen LogP contribution in [0.4, 0.5) is 4.39 Å². The van der Waals surface area contributed by atoms with E-state index in [1.165, 1.54) is 32.4 Å². The van der Waals surface area contributed by atoms with Crippen molar-refractivity contribution in [3.63, 3.8) is 0 Å². The van der Waals surface area contributed by atoms with Crippen LogP contribution < -0.4 is 0 Å². The summed E-state index contributed by atoms with van der Waals surface area (Å²) in [6.45, 7) is 0. The van der Waals surface area contributed by atoms with Gasteiger partial charge >= 0.3 is 5.97 Å². The summed E-state index contributed by atoms with van der Waals surface area (Å²) >= 11 is 1.59. The number of ether oxygens (including phenoxy) is 1. The highest BCUT2D eigenvalue weighted by molar-refractivity contribution is 7.98. The number of carbonyl (C=O) groups excluding carboxylic acids is 1. The number of hydrogen-bond donors (Lipinski definition) is 0. The van der Waals surface area contributed by atoms with Gasteiger partial charge in [0.25, 0.3) is 0 Å². The van der Waals surface area contributed by atoms with E-state index in [0.29, 0.717) is 22.7 Å². The first-order chi connectivity index (χ1) is 14.7. The van der Waals surface area contributed by atoms with Crippen LogP contribution in [0.3, 0.4) is 0 Å². The third-order valence-electron chi connectivity index (χ3n) is 5.46. The summed E-state index contributed by atoms with van der Waals surface area (Å²) < 4.78 is 21.4. The van der Waals surface area contributed by atoms with Crippen molar-refractivity contribution in [1.29, 1.82) is 0 Å². The van der Waals surface area contributed by atoms with Gasteiger partial charge in [0.2, 0.25) is 0 Å². The molecule has 3 aromatic rings. The maximum Gasteiger partial charge on any atom is 0.337 e. The lowest BCUT2D eigenvalue weighted by molar-refractivity contribution is 0.0600. The van der Waals surface area contributed by atoms with Crippen molar-refractivity contribution in [1.82, 2.24) is 14.8 Å². The molecule has 1 fully saturated rings. The Bertz CT molecular complexity index is 1010. The fraction of sp³-hybridized carbons (Fsp3) is 0.348. The largest absolute Gasteiger partial charge is 0.465 e. The number of thioether (sulfide) groups is 1. The van der Waals surface area contributed by atoms with Crippen molar-refractivity contribution in [3.8, 4) is 11.4 Å². The van der Waals surface area contributed by atoms with Gasteiger partial charge in [-0.1, -0.05) is 55.3 Å². The second-order valence-corrected chi connectivity index (χ2v) is 8.37. The van der Waals surface area contributed by atoms with Gasteiger partial charge in [-0.25, -0.2) is 9.18 Å². The lowest BCUT2D eigenvalue weighted by Crippen LogP contribution is -2.15. The topological polar surface area (TPSA) is 57.0 Å². The van der Waals surface area contributed by atoms with E-state index in [2.05, 4.69) is 14.8 Å². The molecular weight excluding hydrogens is 401 g/mol. The first-order valence-corrected chi connectivity index (χ1v) is 11.2. The van der Waals surface area contributed by atoms with Crippen molar-refractivity contribution in [2.75, 3.05) is 7.11 Å². The number of nitrogens with zero attached hydrogens (tertiary/aromatic N) is 3. The van der Waals surface area contributed by atoms with E-state index in [-0.39, 0.29) is 17.8 Å².